The van der Waals surface area contributed by atoms with Crippen molar-refractivity contribution in [1.82, 2.24) is 0 Å². The van der Waals surface area contributed by atoms with E-state index in [0.29, 0.717) is 6.42 Å². The van der Waals surface area contributed by atoms with Crippen molar-refractivity contribution >= 4 is 6.16 Å². The van der Waals surface area contributed by atoms with Crippen LogP contribution in [0.4, 0.5) is 44.3 Å². The van der Waals surface area contributed by atoms with Gasteiger partial charge in [-0.3, -0.25) is 0 Å². The van der Waals surface area contributed by atoms with Gasteiger partial charge in [0.1, 0.15) is 12.7 Å². The van der Waals surface area contributed by atoms with Crippen molar-refractivity contribution in [1.29, 1.82) is 0 Å². The van der Waals surface area contributed by atoms with Crippen molar-refractivity contribution in [2.75, 3.05) is 6.61 Å². The molecular weight excluding hydrogens is 351 g/mol. The summed E-state index contributed by atoms with van der Waals surface area (Å²) in [5.74, 6) is -19.5. The van der Waals surface area contributed by atoms with E-state index in [1.165, 1.54) is 6.92 Å². The molecule has 138 valence electrons. The zero-order valence-electron chi connectivity index (χ0n) is 11.8. The van der Waals surface area contributed by atoms with Crippen LogP contribution < -0.4 is 0 Å². The van der Waals surface area contributed by atoms with Gasteiger partial charge >= 0.3 is 30.1 Å². The molecule has 0 N–H and O–H groups in total. The van der Waals surface area contributed by atoms with Crippen LogP contribution in [0.5, 0.6) is 0 Å². The van der Waals surface area contributed by atoms with Crippen LogP contribution in [0.2, 0.25) is 0 Å². The molecule has 0 amide bonds. The van der Waals surface area contributed by atoms with E-state index in [9.17, 15) is 44.3 Å². The first kappa shape index (κ1) is 21.6. The molecule has 12 heteroatoms. The zero-order valence-corrected chi connectivity index (χ0v) is 11.8. The van der Waals surface area contributed by atoms with Gasteiger partial charge in [-0.15, -0.1) is 0 Å². The second kappa shape index (κ2) is 7.04. The summed E-state index contributed by atoms with van der Waals surface area (Å²) >= 11 is 0. The van der Waals surface area contributed by atoms with Crippen LogP contribution in [-0.4, -0.2) is 42.8 Å². The number of ether oxygens (including phenoxy) is 2. The maximum Gasteiger partial charge on any atom is 0.508 e. The lowest BCUT2D eigenvalue weighted by Gasteiger charge is -2.33. The van der Waals surface area contributed by atoms with Gasteiger partial charge in [0.05, 0.1) is 6.42 Å². The Balaban J connectivity index is 4.84. The predicted molar refractivity (Wildman–Crippen MR) is 57.7 cm³/mol. The lowest BCUT2D eigenvalue weighted by molar-refractivity contribution is -0.397. The smallest absolute Gasteiger partial charge is 0.434 e. The molecule has 0 spiro atoms. The third kappa shape index (κ3) is 4.80. The van der Waals surface area contributed by atoms with Gasteiger partial charge in [0, 0.05) is 0 Å². The number of alkyl halides is 9. The van der Waals surface area contributed by atoms with E-state index in [4.69, 9.17) is 0 Å². The Morgan fingerprint density at radius 3 is 1.83 bits per heavy atom. The minimum Gasteiger partial charge on any atom is -0.434 e. The van der Waals surface area contributed by atoms with E-state index in [1.807, 2.05) is 0 Å². The Morgan fingerprint density at radius 2 is 1.43 bits per heavy atom. The first-order chi connectivity index (χ1) is 10.1. The maximum atomic E-state index is 13.0. The predicted octanol–water partition coefficient (Wildman–Crippen LogP) is 4.80. The van der Waals surface area contributed by atoms with Gasteiger partial charge in [-0.2, -0.15) is 39.5 Å². The highest BCUT2D eigenvalue weighted by atomic mass is 19.4. The van der Waals surface area contributed by atoms with E-state index in [-0.39, 0.29) is 0 Å². The highest BCUT2D eigenvalue weighted by Crippen LogP contribution is 2.53. The molecule has 23 heavy (non-hydrogen) atoms. The summed E-state index contributed by atoms with van der Waals surface area (Å²) in [5, 5.41) is 0. The Labute approximate surface area is 124 Å². The monoisotopic (exact) mass is 364 g/mol. The Bertz CT molecular complexity index is 406. The van der Waals surface area contributed by atoms with Gasteiger partial charge in [0.15, 0.2) is 0 Å². The first-order valence-corrected chi connectivity index (χ1v) is 6.13. The van der Waals surface area contributed by atoms with Gasteiger partial charge < -0.3 is 9.47 Å². The van der Waals surface area contributed by atoms with Crippen molar-refractivity contribution in [3.63, 3.8) is 0 Å². The van der Waals surface area contributed by atoms with Gasteiger partial charge in [-0.05, 0) is 13.3 Å². The summed E-state index contributed by atoms with van der Waals surface area (Å²) in [6.07, 6.45) is -11.1. The number of carbonyl (C=O) groups is 1. The van der Waals surface area contributed by atoms with Crippen LogP contribution in [0.15, 0.2) is 0 Å². The van der Waals surface area contributed by atoms with Gasteiger partial charge in [0.25, 0.3) is 0 Å². The fourth-order valence-corrected chi connectivity index (χ4v) is 1.11. The molecule has 0 aliphatic heterocycles. The van der Waals surface area contributed by atoms with Crippen LogP contribution in [0.1, 0.15) is 26.7 Å². The molecule has 0 aromatic heterocycles. The quantitative estimate of drug-likeness (QED) is 0.481. The van der Waals surface area contributed by atoms with Crippen molar-refractivity contribution in [3.8, 4) is 0 Å². The molecule has 1 atom stereocenters. The minimum atomic E-state index is -6.96. The minimum absolute atomic E-state index is 0.307. The average Bonchev–Trinajstić information content (AvgIpc) is 2.36. The van der Waals surface area contributed by atoms with E-state index < -0.39 is 49.2 Å². The summed E-state index contributed by atoms with van der Waals surface area (Å²) in [6, 6.07) is 0. The fraction of sp³-hybridized carbons (Fsp3) is 0.909. The molecule has 0 bridgehead atoms. The number of rotatable bonds is 7. The average molecular weight is 364 g/mol. The highest BCUT2D eigenvalue weighted by molar-refractivity contribution is 5.60. The van der Waals surface area contributed by atoms with Gasteiger partial charge in [-0.1, -0.05) is 6.92 Å². The van der Waals surface area contributed by atoms with E-state index in [2.05, 4.69) is 9.47 Å². The van der Waals surface area contributed by atoms with E-state index >= 15 is 0 Å². The summed E-state index contributed by atoms with van der Waals surface area (Å²) in [6.45, 7) is 1.42. The second-order valence-electron chi connectivity index (χ2n) is 4.54. The number of hydrogen-bond donors (Lipinski definition) is 0. The molecule has 0 aliphatic carbocycles. The number of carbonyl (C=O) groups excluding carboxylic acids is 1. The molecular formula is C11H13F9O3. The van der Waals surface area contributed by atoms with Crippen molar-refractivity contribution in [3.05, 3.63) is 0 Å². The Kier molecular flexibility index (Phi) is 6.62. The maximum absolute atomic E-state index is 13.0. The standard InChI is InChI=1S/C11H13F9O3/c1-3-6(2)23-7(21)22-5-4-8(12,13)9(14,15)10(16,17)11(18,19)20/h6H,3-5H2,1-2H3/t6-/m0/s1. The molecule has 0 saturated carbocycles. The van der Waals surface area contributed by atoms with E-state index in [1.54, 1.807) is 6.92 Å². The molecule has 0 rings (SSSR count). The molecule has 0 aliphatic rings. The van der Waals surface area contributed by atoms with Crippen molar-refractivity contribution < 1.29 is 53.8 Å². The van der Waals surface area contributed by atoms with Gasteiger partial charge in [0.2, 0.25) is 0 Å². The Hall–Kier alpha value is -1.36. The molecule has 0 saturated heterocycles. The molecule has 3 nitrogen and oxygen atoms in total. The van der Waals surface area contributed by atoms with Crippen LogP contribution in [-0.2, 0) is 9.47 Å². The SMILES string of the molecule is CC[C@H](C)OC(=O)OCCC(F)(F)C(F)(F)C(F)(F)C(F)(F)F. The topological polar surface area (TPSA) is 35.5 Å². The first-order valence-electron chi connectivity index (χ1n) is 6.13. The van der Waals surface area contributed by atoms with Crippen molar-refractivity contribution in [2.24, 2.45) is 0 Å². The number of halogens is 9. The third-order valence-electron chi connectivity index (χ3n) is 2.72. The molecule has 0 aromatic rings. The van der Waals surface area contributed by atoms with Crippen LogP contribution in [0.3, 0.4) is 0 Å². The lowest BCUT2D eigenvalue weighted by Crippen LogP contribution is -2.61. The van der Waals surface area contributed by atoms with Gasteiger partial charge in [-0.25, -0.2) is 4.79 Å². The Morgan fingerprint density at radius 1 is 0.957 bits per heavy atom. The fourth-order valence-electron chi connectivity index (χ4n) is 1.11. The molecule has 0 unspecified atom stereocenters. The summed E-state index contributed by atoms with van der Waals surface area (Å²) in [7, 11) is 0. The highest BCUT2D eigenvalue weighted by Gasteiger charge is 2.81. The third-order valence-corrected chi connectivity index (χ3v) is 2.72. The van der Waals surface area contributed by atoms with Crippen LogP contribution in [0.25, 0.3) is 0 Å². The summed E-state index contributed by atoms with van der Waals surface area (Å²) in [5.41, 5.74) is 0. The number of hydrogen-bond acceptors (Lipinski definition) is 3. The summed E-state index contributed by atoms with van der Waals surface area (Å²) in [4.78, 5) is 10.9. The lowest BCUT2D eigenvalue weighted by atomic mass is 10.0. The molecule has 0 aromatic carbocycles. The van der Waals surface area contributed by atoms with E-state index in [0.717, 1.165) is 0 Å². The molecule has 0 radical (unpaired) electrons. The normalized spacial score (nSPS) is 15.3. The molecule has 0 heterocycles. The largest absolute Gasteiger partial charge is 0.508 e. The van der Waals surface area contributed by atoms with Crippen LogP contribution >= 0.6 is 0 Å². The second-order valence-corrected chi connectivity index (χ2v) is 4.54. The van der Waals surface area contributed by atoms with Crippen LogP contribution in [0, 0.1) is 0 Å². The zero-order chi connectivity index (χ0) is 18.7. The summed E-state index contributed by atoms with van der Waals surface area (Å²) < 4.78 is 121. The van der Waals surface area contributed by atoms with Crippen molar-refractivity contribution in [2.45, 2.75) is 56.7 Å². The molecule has 0 fully saturated rings.